The lowest BCUT2D eigenvalue weighted by Gasteiger charge is -2.37. The molecule has 1 atom stereocenters. The van der Waals surface area contributed by atoms with Gasteiger partial charge in [-0.15, -0.1) is 0 Å². The Bertz CT molecular complexity index is 1150. The summed E-state index contributed by atoms with van der Waals surface area (Å²) >= 11 is 12.1. The molecular formula is C28H34Cl2N4O4. The average Bonchev–Trinajstić information content (AvgIpc) is 3.35. The molecule has 1 aliphatic carbocycles. The van der Waals surface area contributed by atoms with Gasteiger partial charge in [0.1, 0.15) is 6.61 Å². The summed E-state index contributed by atoms with van der Waals surface area (Å²) in [6.45, 7) is 6.61. The number of anilines is 1. The van der Waals surface area contributed by atoms with E-state index in [1.54, 1.807) is 30.1 Å². The molecule has 2 fully saturated rings. The van der Waals surface area contributed by atoms with E-state index < -0.39 is 0 Å². The van der Waals surface area contributed by atoms with E-state index in [1.165, 1.54) is 11.1 Å². The highest BCUT2D eigenvalue weighted by molar-refractivity contribution is 6.34. The van der Waals surface area contributed by atoms with E-state index in [9.17, 15) is 9.59 Å². The number of hydrogen-bond acceptors (Lipinski definition) is 6. The van der Waals surface area contributed by atoms with Gasteiger partial charge < -0.3 is 24.2 Å². The number of carbonyl (C=O) groups excluding carboxylic acids is 2. The van der Waals surface area contributed by atoms with Gasteiger partial charge in [0.05, 0.1) is 25.8 Å². The predicted molar refractivity (Wildman–Crippen MR) is 148 cm³/mol. The third-order valence-electron chi connectivity index (χ3n) is 7.68. The maximum atomic E-state index is 12.9. The zero-order valence-electron chi connectivity index (χ0n) is 21.7. The van der Waals surface area contributed by atoms with Gasteiger partial charge in [-0.1, -0.05) is 29.3 Å². The molecule has 3 aliphatic rings. The van der Waals surface area contributed by atoms with E-state index in [2.05, 4.69) is 28.0 Å². The van der Waals surface area contributed by atoms with Crippen molar-refractivity contribution in [3.05, 3.63) is 63.1 Å². The van der Waals surface area contributed by atoms with Gasteiger partial charge in [-0.25, -0.2) is 4.79 Å². The molecule has 0 radical (unpaired) electrons. The molecule has 2 aromatic carbocycles. The molecule has 0 N–H and O–H groups in total. The fourth-order valence-corrected chi connectivity index (χ4v) is 6.07. The summed E-state index contributed by atoms with van der Waals surface area (Å²) in [6, 6.07) is 11.6. The number of benzene rings is 2. The van der Waals surface area contributed by atoms with Crippen LogP contribution in [0.3, 0.4) is 0 Å². The number of fused-ring (bicyclic) bond motifs is 1. The third-order valence-corrected chi connectivity index (χ3v) is 8.11. The Morgan fingerprint density at radius 1 is 1.00 bits per heavy atom. The number of hydrogen-bond donors (Lipinski definition) is 0. The molecular weight excluding hydrogens is 527 g/mol. The van der Waals surface area contributed by atoms with E-state index in [0.717, 1.165) is 50.3 Å². The average molecular weight is 562 g/mol. The maximum absolute atomic E-state index is 12.9. The first kappa shape index (κ1) is 27.1. The summed E-state index contributed by atoms with van der Waals surface area (Å²) in [5, 5.41) is 1.02. The minimum atomic E-state index is -0.378. The minimum absolute atomic E-state index is 0.0446. The minimum Gasteiger partial charge on any atom is -0.445 e. The van der Waals surface area contributed by atoms with Gasteiger partial charge in [0, 0.05) is 62.0 Å². The molecule has 2 aromatic rings. The summed E-state index contributed by atoms with van der Waals surface area (Å²) in [4.78, 5) is 33.8. The summed E-state index contributed by atoms with van der Waals surface area (Å²) < 4.78 is 11.0. The van der Waals surface area contributed by atoms with Crippen LogP contribution in [0.25, 0.3) is 0 Å². The van der Waals surface area contributed by atoms with Crippen molar-refractivity contribution in [2.45, 2.75) is 25.5 Å². The molecule has 0 aromatic heterocycles. The molecule has 2 saturated heterocycles. The molecule has 0 saturated carbocycles. The van der Waals surface area contributed by atoms with Crippen LogP contribution in [-0.4, -0.2) is 92.8 Å². The lowest BCUT2D eigenvalue weighted by atomic mass is 10.1. The SMILES string of the molecule is CN(C(=O)OCc1cc(Cl)cc(Cl)c1)C1CCc2ccc(N3CCN(C(=O)CN4CCOCC4)CC3)cc21. The van der Waals surface area contributed by atoms with E-state index >= 15 is 0 Å². The number of morpholine rings is 1. The van der Waals surface area contributed by atoms with Gasteiger partial charge in [0.15, 0.2) is 0 Å². The van der Waals surface area contributed by atoms with Crippen molar-refractivity contribution < 1.29 is 19.1 Å². The van der Waals surface area contributed by atoms with Crippen molar-refractivity contribution in [2.24, 2.45) is 0 Å². The molecule has 38 heavy (non-hydrogen) atoms. The van der Waals surface area contributed by atoms with Gasteiger partial charge in [-0.05, 0) is 59.9 Å². The smallest absolute Gasteiger partial charge is 0.410 e. The highest BCUT2D eigenvalue weighted by atomic mass is 35.5. The molecule has 8 nitrogen and oxygen atoms in total. The van der Waals surface area contributed by atoms with Crippen LogP contribution in [-0.2, 0) is 27.3 Å². The third kappa shape index (κ3) is 6.37. The topological polar surface area (TPSA) is 65.6 Å². The lowest BCUT2D eigenvalue weighted by molar-refractivity contribution is -0.133. The number of piperazine rings is 1. The Balaban J connectivity index is 1.17. The van der Waals surface area contributed by atoms with Crippen LogP contribution in [0.2, 0.25) is 10.0 Å². The monoisotopic (exact) mass is 560 g/mol. The predicted octanol–water partition coefficient (Wildman–Crippen LogP) is 4.23. The number of aryl methyl sites for hydroxylation is 1. The fourth-order valence-electron chi connectivity index (χ4n) is 5.50. The summed E-state index contributed by atoms with van der Waals surface area (Å²) in [7, 11) is 1.79. The normalized spacial score (nSPS) is 19.8. The Labute approximate surface area is 234 Å². The van der Waals surface area contributed by atoms with Crippen LogP contribution in [0.15, 0.2) is 36.4 Å². The fraction of sp³-hybridized carbons (Fsp3) is 0.500. The Hall–Kier alpha value is -2.52. The molecule has 2 heterocycles. The van der Waals surface area contributed by atoms with Crippen molar-refractivity contribution in [1.29, 1.82) is 0 Å². The van der Waals surface area contributed by atoms with Crippen LogP contribution < -0.4 is 4.90 Å². The standard InChI is InChI=1S/C28H34Cl2N4O4/c1-31(28(36)38-19-20-14-22(29)16-23(30)15-20)26-5-3-21-2-4-24(17-25(21)26)33-6-8-34(9-7-33)27(35)18-32-10-12-37-13-11-32/h2,4,14-17,26H,3,5-13,18-19H2,1H3. The van der Waals surface area contributed by atoms with Gasteiger partial charge in [0.2, 0.25) is 5.91 Å². The Morgan fingerprint density at radius 2 is 1.71 bits per heavy atom. The van der Waals surface area contributed by atoms with Gasteiger partial charge in [-0.2, -0.15) is 0 Å². The van der Waals surface area contributed by atoms with Crippen molar-refractivity contribution in [1.82, 2.24) is 14.7 Å². The van der Waals surface area contributed by atoms with E-state index in [0.29, 0.717) is 42.9 Å². The Kier molecular flexibility index (Phi) is 8.63. The van der Waals surface area contributed by atoms with Crippen molar-refractivity contribution in [3.8, 4) is 0 Å². The molecule has 0 bridgehead atoms. The molecule has 2 amide bonds. The second kappa shape index (κ2) is 12.1. The second-order valence-electron chi connectivity index (χ2n) is 10.1. The molecule has 1 unspecified atom stereocenters. The quantitative estimate of drug-likeness (QED) is 0.526. The van der Waals surface area contributed by atoms with Crippen LogP contribution in [0.1, 0.15) is 29.2 Å². The number of carbonyl (C=O) groups is 2. The molecule has 0 spiro atoms. The zero-order chi connectivity index (χ0) is 26.6. The van der Waals surface area contributed by atoms with Crippen LogP contribution in [0.4, 0.5) is 10.5 Å². The lowest BCUT2D eigenvalue weighted by Crippen LogP contribution is -2.52. The van der Waals surface area contributed by atoms with Gasteiger partial charge >= 0.3 is 6.09 Å². The summed E-state index contributed by atoms with van der Waals surface area (Å²) in [6.07, 6.45) is 1.40. The first-order valence-corrected chi connectivity index (χ1v) is 13.9. The van der Waals surface area contributed by atoms with Crippen molar-refractivity contribution in [3.63, 3.8) is 0 Å². The van der Waals surface area contributed by atoms with Gasteiger partial charge in [0.25, 0.3) is 0 Å². The first-order chi connectivity index (χ1) is 18.4. The maximum Gasteiger partial charge on any atom is 0.410 e. The highest BCUT2D eigenvalue weighted by Gasteiger charge is 2.31. The van der Waals surface area contributed by atoms with Crippen LogP contribution in [0, 0.1) is 0 Å². The zero-order valence-corrected chi connectivity index (χ0v) is 23.2. The Morgan fingerprint density at radius 3 is 2.42 bits per heavy atom. The number of nitrogens with zero attached hydrogens (tertiary/aromatic N) is 4. The van der Waals surface area contributed by atoms with Crippen molar-refractivity contribution >= 4 is 40.9 Å². The molecule has 204 valence electrons. The van der Waals surface area contributed by atoms with E-state index in [4.69, 9.17) is 32.7 Å². The summed E-state index contributed by atoms with van der Waals surface area (Å²) in [5.74, 6) is 0.195. The van der Waals surface area contributed by atoms with E-state index in [1.807, 2.05) is 4.90 Å². The van der Waals surface area contributed by atoms with E-state index in [-0.39, 0.29) is 24.6 Å². The first-order valence-electron chi connectivity index (χ1n) is 13.2. The van der Waals surface area contributed by atoms with Crippen LogP contribution >= 0.6 is 23.2 Å². The van der Waals surface area contributed by atoms with Gasteiger partial charge in [-0.3, -0.25) is 9.69 Å². The number of halogens is 2. The largest absolute Gasteiger partial charge is 0.445 e. The summed E-state index contributed by atoms with van der Waals surface area (Å²) in [5.41, 5.74) is 4.31. The number of ether oxygens (including phenoxy) is 2. The molecule has 10 heteroatoms. The second-order valence-corrected chi connectivity index (χ2v) is 11.0. The van der Waals surface area contributed by atoms with Crippen molar-refractivity contribution in [2.75, 3.05) is 71.0 Å². The number of rotatable bonds is 6. The molecule has 5 rings (SSSR count). The molecule has 2 aliphatic heterocycles. The van der Waals surface area contributed by atoms with Crippen LogP contribution in [0.5, 0.6) is 0 Å². The number of amides is 2. The highest BCUT2D eigenvalue weighted by Crippen LogP contribution is 2.38.